The highest BCUT2D eigenvalue weighted by molar-refractivity contribution is 5.98. The minimum Gasteiger partial charge on any atom is -0.463 e. The van der Waals surface area contributed by atoms with E-state index in [9.17, 15) is 31.5 Å². The van der Waals surface area contributed by atoms with Gasteiger partial charge in [-0.15, -0.1) is 0 Å². The maximum Gasteiger partial charge on any atom is 0.436 e. The van der Waals surface area contributed by atoms with Crippen LogP contribution in [0.3, 0.4) is 0 Å². The van der Waals surface area contributed by atoms with Crippen molar-refractivity contribution in [3.63, 3.8) is 0 Å². The van der Waals surface area contributed by atoms with Crippen molar-refractivity contribution in [2.75, 3.05) is 6.61 Å². The van der Waals surface area contributed by atoms with Crippen molar-refractivity contribution in [2.24, 2.45) is 0 Å². The van der Waals surface area contributed by atoms with E-state index >= 15 is 0 Å². The van der Waals surface area contributed by atoms with Crippen LogP contribution in [0.1, 0.15) is 22.8 Å². The Labute approximate surface area is 162 Å². The van der Waals surface area contributed by atoms with Gasteiger partial charge in [-0.05, 0) is 42.8 Å². The van der Waals surface area contributed by atoms with E-state index in [4.69, 9.17) is 0 Å². The lowest BCUT2D eigenvalue weighted by Gasteiger charge is -2.34. The predicted octanol–water partition coefficient (Wildman–Crippen LogP) is 3.31. The number of hydrogen-bond donors (Lipinski definition) is 2. The lowest BCUT2D eigenvalue weighted by atomic mass is 10.1. The second-order valence-electron chi connectivity index (χ2n) is 5.91. The first-order chi connectivity index (χ1) is 13.6. The van der Waals surface area contributed by atoms with E-state index < -0.39 is 47.5 Å². The van der Waals surface area contributed by atoms with Crippen molar-refractivity contribution in [3.05, 3.63) is 71.3 Å². The molecule has 0 bridgehead atoms. The van der Waals surface area contributed by atoms with Gasteiger partial charge in [0.1, 0.15) is 11.6 Å². The van der Waals surface area contributed by atoms with Gasteiger partial charge in [0.25, 0.3) is 11.6 Å². The number of carbonyl (C=O) groups is 2. The second-order valence-corrected chi connectivity index (χ2v) is 5.91. The zero-order valence-electron chi connectivity index (χ0n) is 15.1. The number of alkyl halides is 3. The Bertz CT molecular complexity index is 871. The van der Waals surface area contributed by atoms with Crippen LogP contribution < -0.4 is 10.6 Å². The molecule has 0 heterocycles. The fraction of sp³-hybridized carbons (Fsp3) is 0.263. The van der Waals surface area contributed by atoms with Crippen LogP contribution in [0.25, 0.3) is 0 Å². The fourth-order valence-electron chi connectivity index (χ4n) is 2.40. The molecule has 0 aliphatic rings. The van der Waals surface area contributed by atoms with Gasteiger partial charge in [-0.3, -0.25) is 10.1 Å². The zero-order valence-corrected chi connectivity index (χ0v) is 15.1. The van der Waals surface area contributed by atoms with E-state index in [1.165, 1.54) is 19.1 Å². The molecule has 0 aliphatic heterocycles. The van der Waals surface area contributed by atoms with Crippen LogP contribution in [0, 0.1) is 11.6 Å². The van der Waals surface area contributed by atoms with Gasteiger partial charge in [-0.25, -0.2) is 13.6 Å². The maximum absolute atomic E-state index is 14.0. The lowest BCUT2D eigenvalue weighted by molar-refractivity contribution is -0.219. The molecule has 156 valence electrons. The third kappa shape index (κ3) is 5.29. The summed E-state index contributed by atoms with van der Waals surface area (Å²) in [6.07, 6.45) is -5.32. The molecule has 0 unspecified atom stereocenters. The Morgan fingerprint density at radius 2 is 1.66 bits per heavy atom. The molecule has 2 aromatic rings. The molecule has 0 fully saturated rings. The third-order valence-corrected chi connectivity index (χ3v) is 3.87. The normalized spacial score (nSPS) is 13.4. The molecule has 2 N–H and O–H groups in total. The monoisotopic (exact) mass is 416 g/mol. The van der Waals surface area contributed by atoms with E-state index in [1.807, 2.05) is 5.32 Å². The van der Waals surface area contributed by atoms with Gasteiger partial charge in [0, 0.05) is 12.1 Å². The highest BCUT2D eigenvalue weighted by Crippen LogP contribution is 2.30. The number of hydrogen-bond acceptors (Lipinski definition) is 4. The predicted molar refractivity (Wildman–Crippen MR) is 92.5 cm³/mol. The first kappa shape index (κ1) is 22.3. The molecular weight excluding hydrogens is 399 g/mol. The van der Waals surface area contributed by atoms with Crippen molar-refractivity contribution >= 4 is 11.9 Å². The van der Waals surface area contributed by atoms with Crippen LogP contribution in [-0.4, -0.2) is 30.3 Å². The molecule has 5 nitrogen and oxygen atoms in total. The van der Waals surface area contributed by atoms with Crippen LogP contribution >= 0.6 is 0 Å². The summed E-state index contributed by atoms with van der Waals surface area (Å²) in [5.74, 6) is -4.58. The smallest absolute Gasteiger partial charge is 0.436 e. The van der Waals surface area contributed by atoms with E-state index in [2.05, 4.69) is 4.74 Å². The molecule has 0 aliphatic carbocycles. The summed E-state index contributed by atoms with van der Waals surface area (Å²) in [4.78, 5) is 24.6. The summed E-state index contributed by atoms with van der Waals surface area (Å²) >= 11 is 0. The molecule has 0 radical (unpaired) electrons. The van der Waals surface area contributed by atoms with Gasteiger partial charge in [0.05, 0.1) is 6.61 Å². The number of ether oxygens (including phenoxy) is 1. The van der Waals surface area contributed by atoms with Crippen molar-refractivity contribution in [1.29, 1.82) is 0 Å². The molecule has 10 heteroatoms. The van der Waals surface area contributed by atoms with Gasteiger partial charge in [0.2, 0.25) is 0 Å². The van der Waals surface area contributed by atoms with Gasteiger partial charge >= 0.3 is 12.1 Å². The molecule has 0 saturated carbocycles. The average Bonchev–Trinajstić information content (AvgIpc) is 2.65. The summed E-state index contributed by atoms with van der Waals surface area (Å²) in [5, 5.41) is 3.55. The first-order valence-corrected chi connectivity index (χ1v) is 8.40. The van der Waals surface area contributed by atoms with Crippen LogP contribution in [0.15, 0.2) is 48.5 Å². The molecule has 2 rings (SSSR count). The molecular formula is C19H17F5N2O3. The molecule has 29 heavy (non-hydrogen) atoms. The summed E-state index contributed by atoms with van der Waals surface area (Å²) in [5.41, 5.74) is -3.82. The molecule has 2 aromatic carbocycles. The Hall–Kier alpha value is -3.01. The molecule has 0 aromatic heterocycles. The SMILES string of the molecule is CCOC(=O)[C@@](NCc1ccc(F)cc1)(NC(=O)c1cccc(F)c1)C(F)(F)F. The highest BCUT2D eigenvalue weighted by Gasteiger charge is 2.63. The maximum atomic E-state index is 14.0. The third-order valence-electron chi connectivity index (χ3n) is 3.87. The topological polar surface area (TPSA) is 67.4 Å². The molecule has 0 spiro atoms. The van der Waals surface area contributed by atoms with Gasteiger partial charge in [-0.1, -0.05) is 18.2 Å². The Kier molecular flexibility index (Phi) is 6.91. The Morgan fingerprint density at radius 1 is 1.00 bits per heavy atom. The van der Waals surface area contributed by atoms with Gasteiger partial charge < -0.3 is 10.1 Å². The minimum absolute atomic E-state index is 0.212. The van der Waals surface area contributed by atoms with Crippen molar-refractivity contribution < 1.29 is 36.3 Å². The molecule has 1 atom stereocenters. The van der Waals surface area contributed by atoms with Crippen molar-refractivity contribution in [1.82, 2.24) is 10.6 Å². The lowest BCUT2D eigenvalue weighted by Crippen LogP contribution is -2.72. The number of amides is 1. The largest absolute Gasteiger partial charge is 0.463 e. The van der Waals surface area contributed by atoms with Crippen LogP contribution in [0.5, 0.6) is 0 Å². The van der Waals surface area contributed by atoms with E-state index in [0.29, 0.717) is 0 Å². The zero-order chi connectivity index (χ0) is 21.7. The number of nitrogens with one attached hydrogen (secondary N) is 2. The molecule has 1 amide bonds. The van der Waals surface area contributed by atoms with Crippen LogP contribution in [0.4, 0.5) is 22.0 Å². The van der Waals surface area contributed by atoms with Crippen LogP contribution in [-0.2, 0) is 16.1 Å². The van der Waals surface area contributed by atoms with Crippen LogP contribution in [0.2, 0.25) is 0 Å². The quantitative estimate of drug-likeness (QED) is 0.413. The number of esters is 1. The second kappa shape index (κ2) is 8.99. The highest BCUT2D eigenvalue weighted by atomic mass is 19.4. The Morgan fingerprint density at radius 3 is 2.21 bits per heavy atom. The number of halogens is 5. The van der Waals surface area contributed by atoms with E-state index in [0.717, 1.165) is 36.4 Å². The number of rotatable bonds is 7. The van der Waals surface area contributed by atoms with E-state index in [1.54, 1.807) is 5.32 Å². The van der Waals surface area contributed by atoms with Gasteiger partial charge in [-0.2, -0.15) is 13.2 Å². The fourth-order valence-corrected chi connectivity index (χ4v) is 2.40. The van der Waals surface area contributed by atoms with Crippen molar-refractivity contribution in [2.45, 2.75) is 25.3 Å². The standard InChI is InChI=1S/C19H17F5N2O3/c1-2-29-17(28)18(19(22,23)24,25-11-12-6-8-14(20)9-7-12)26-16(27)13-4-3-5-15(21)10-13/h3-10,25H,2,11H2,1H3,(H,26,27)/t18-/m1/s1. The minimum atomic E-state index is -5.32. The summed E-state index contributed by atoms with van der Waals surface area (Å²) in [7, 11) is 0. The van der Waals surface area contributed by atoms with Gasteiger partial charge in [0.15, 0.2) is 0 Å². The first-order valence-electron chi connectivity index (χ1n) is 8.40. The molecule has 0 saturated heterocycles. The average molecular weight is 416 g/mol. The van der Waals surface area contributed by atoms with Crippen molar-refractivity contribution in [3.8, 4) is 0 Å². The summed E-state index contributed by atoms with van der Waals surface area (Å²) < 4.78 is 72.8. The van der Waals surface area contributed by atoms with E-state index in [-0.39, 0.29) is 12.2 Å². The number of benzene rings is 2. The summed E-state index contributed by atoms with van der Waals surface area (Å²) in [6.45, 7) is 0.361. The summed E-state index contributed by atoms with van der Waals surface area (Å²) in [6, 6.07) is 8.43. The Balaban J connectivity index is 2.40. The number of carbonyl (C=O) groups excluding carboxylic acids is 2.